The Morgan fingerprint density at radius 1 is 1.16 bits per heavy atom. The van der Waals surface area contributed by atoms with Gasteiger partial charge in [-0.2, -0.15) is 9.41 Å². The molecule has 1 aliphatic heterocycles. The largest absolute Gasteiger partial charge is 0.271 e. The fraction of sp³-hybridized carbons (Fsp3) is 0.444. The van der Waals surface area contributed by atoms with Crippen LogP contribution in [0.4, 0.5) is 0 Å². The van der Waals surface area contributed by atoms with Crippen molar-refractivity contribution in [1.82, 2.24) is 9.73 Å². The monoisotopic (exact) mass is 361 g/mol. The molecular formula is C18H23N3O3S. The second-order valence-electron chi connectivity index (χ2n) is 6.53. The summed E-state index contributed by atoms with van der Waals surface area (Å²) < 4.78 is 26.9. The van der Waals surface area contributed by atoms with E-state index < -0.39 is 15.9 Å². The minimum atomic E-state index is -3.55. The van der Waals surface area contributed by atoms with Crippen molar-refractivity contribution < 1.29 is 13.2 Å². The number of piperidine rings is 1. The van der Waals surface area contributed by atoms with Gasteiger partial charge in [-0.3, -0.25) is 4.79 Å². The highest BCUT2D eigenvalue weighted by Gasteiger charge is 2.26. The number of sulfonamides is 1. The van der Waals surface area contributed by atoms with Gasteiger partial charge in [-0.1, -0.05) is 18.1 Å². The molecule has 0 saturated carbocycles. The number of rotatable bonds is 4. The Morgan fingerprint density at radius 2 is 1.92 bits per heavy atom. The van der Waals surface area contributed by atoms with Gasteiger partial charge in [-0.25, -0.2) is 13.8 Å². The Hall–Kier alpha value is -1.99. The van der Waals surface area contributed by atoms with E-state index in [2.05, 4.69) is 10.5 Å². The van der Waals surface area contributed by atoms with Crippen LogP contribution in [0.5, 0.6) is 0 Å². The number of allylic oxidation sites excluding steroid dienone is 2. The lowest BCUT2D eigenvalue weighted by Gasteiger charge is -2.25. The smallest absolute Gasteiger partial charge is 0.267 e. The van der Waals surface area contributed by atoms with E-state index in [1.165, 1.54) is 22.0 Å². The lowest BCUT2D eigenvalue weighted by atomic mass is 10.2. The van der Waals surface area contributed by atoms with Crippen LogP contribution >= 0.6 is 0 Å². The number of benzene rings is 1. The molecule has 1 aromatic rings. The summed E-state index contributed by atoms with van der Waals surface area (Å²) in [5.41, 5.74) is 4.88. The van der Waals surface area contributed by atoms with Crippen LogP contribution in [0.1, 0.15) is 49.4 Å². The summed E-state index contributed by atoms with van der Waals surface area (Å²) >= 11 is 0. The summed E-state index contributed by atoms with van der Waals surface area (Å²) in [6.07, 6.45) is 6.54. The van der Waals surface area contributed by atoms with E-state index in [0.717, 1.165) is 37.8 Å². The zero-order chi connectivity index (χ0) is 17.9. The topological polar surface area (TPSA) is 78.8 Å². The van der Waals surface area contributed by atoms with Crippen LogP contribution < -0.4 is 5.43 Å². The normalized spacial score (nSPS) is 20.5. The molecular weight excluding hydrogens is 338 g/mol. The fourth-order valence-corrected chi connectivity index (χ4v) is 4.64. The molecule has 1 aliphatic carbocycles. The molecule has 1 saturated heterocycles. The predicted molar refractivity (Wildman–Crippen MR) is 96.9 cm³/mol. The standard InChI is InChI=1S/C18H23N3O3S/c1-14-8-9-16(12-14)19-20-18(22)15-6-5-7-17(13-15)25(23,24)21-10-3-2-4-11-21/h5-7,12-13H,2-4,8-11H2,1H3,(H,20,22)/b19-16+. The second-order valence-corrected chi connectivity index (χ2v) is 8.47. The highest BCUT2D eigenvalue weighted by atomic mass is 32.2. The first-order valence-electron chi connectivity index (χ1n) is 8.61. The van der Waals surface area contributed by atoms with E-state index in [1.54, 1.807) is 12.1 Å². The molecule has 1 heterocycles. The number of nitrogens with one attached hydrogen (secondary N) is 1. The molecule has 6 nitrogen and oxygen atoms in total. The van der Waals surface area contributed by atoms with Gasteiger partial charge in [0.25, 0.3) is 5.91 Å². The molecule has 1 fully saturated rings. The van der Waals surface area contributed by atoms with Crippen LogP contribution in [-0.4, -0.2) is 37.4 Å². The van der Waals surface area contributed by atoms with Crippen molar-refractivity contribution in [2.24, 2.45) is 5.10 Å². The summed E-state index contributed by atoms with van der Waals surface area (Å²) in [5.74, 6) is -0.402. The highest BCUT2D eigenvalue weighted by molar-refractivity contribution is 7.89. The molecule has 134 valence electrons. The van der Waals surface area contributed by atoms with Crippen molar-refractivity contribution in [1.29, 1.82) is 0 Å². The number of nitrogens with zero attached hydrogens (tertiary/aromatic N) is 2. The first kappa shape index (κ1) is 17.8. The molecule has 0 bridgehead atoms. The number of carbonyl (C=O) groups excluding carboxylic acids is 1. The number of carbonyl (C=O) groups is 1. The zero-order valence-electron chi connectivity index (χ0n) is 14.4. The van der Waals surface area contributed by atoms with Gasteiger partial charge in [0.05, 0.1) is 10.6 Å². The minimum absolute atomic E-state index is 0.159. The van der Waals surface area contributed by atoms with Gasteiger partial charge in [0, 0.05) is 18.7 Å². The molecule has 0 spiro atoms. The van der Waals surface area contributed by atoms with E-state index in [-0.39, 0.29) is 4.90 Å². The van der Waals surface area contributed by atoms with E-state index >= 15 is 0 Å². The average Bonchev–Trinajstić information content (AvgIpc) is 3.06. The van der Waals surface area contributed by atoms with Crippen LogP contribution in [-0.2, 0) is 10.0 Å². The van der Waals surface area contributed by atoms with Crippen molar-refractivity contribution in [3.8, 4) is 0 Å². The van der Waals surface area contributed by atoms with Gasteiger partial charge < -0.3 is 0 Å². The van der Waals surface area contributed by atoms with E-state index in [4.69, 9.17) is 0 Å². The molecule has 1 aromatic carbocycles. The van der Waals surface area contributed by atoms with Crippen LogP contribution in [0.2, 0.25) is 0 Å². The summed E-state index contributed by atoms with van der Waals surface area (Å²) in [5, 5.41) is 4.11. The molecule has 1 amide bonds. The highest BCUT2D eigenvalue weighted by Crippen LogP contribution is 2.21. The van der Waals surface area contributed by atoms with E-state index in [1.807, 2.05) is 13.0 Å². The zero-order valence-corrected chi connectivity index (χ0v) is 15.2. The Balaban J connectivity index is 1.75. The maximum atomic E-state index is 12.7. The average molecular weight is 361 g/mol. The number of hydrogen-bond acceptors (Lipinski definition) is 4. The molecule has 2 aliphatic rings. The number of hydrazone groups is 1. The van der Waals surface area contributed by atoms with Gasteiger partial charge in [0.15, 0.2) is 0 Å². The second kappa shape index (κ2) is 7.49. The van der Waals surface area contributed by atoms with Gasteiger partial charge in [0.2, 0.25) is 10.0 Å². The van der Waals surface area contributed by atoms with Gasteiger partial charge in [-0.05, 0) is 56.9 Å². The summed E-state index contributed by atoms with van der Waals surface area (Å²) in [6.45, 7) is 3.11. The number of hydrogen-bond donors (Lipinski definition) is 1. The van der Waals surface area contributed by atoms with E-state index in [9.17, 15) is 13.2 Å². The molecule has 7 heteroatoms. The third-order valence-corrected chi connectivity index (χ3v) is 6.43. The van der Waals surface area contributed by atoms with Crippen molar-refractivity contribution in [3.05, 3.63) is 41.5 Å². The van der Waals surface area contributed by atoms with Crippen LogP contribution in [0.15, 0.2) is 45.9 Å². The van der Waals surface area contributed by atoms with Crippen molar-refractivity contribution >= 4 is 21.6 Å². The lowest BCUT2D eigenvalue weighted by Crippen LogP contribution is -2.35. The Kier molecular flexibility index (Phi) is 5.34. The lowest BCUT2D eigenvalue weighted by molar-refractivity contribution is 0.0954. The predicted octanol–water partition coefficient (Wildman–Crippen LogP) is 2.69. The third kappa shape index (κ3) is 4.16. The fourth-order valence-electron chi connectivity index (χ4n) is 3.08. The molecule has 1 N–H and O–H groups in total. The van der Waals surface area contributed by atoms with Crippen molar-refractivity contribution in [2.75, 3.05) is 13.1 Å². The Bertz CT molecular complexity index is 822. The quantitative estimate of drug-likeness (QED) is 0.838. The van der Waals surface area contributed by atoms with E-state index in [0.29, 0.717) is 18.7 Å². The SMILES string of the molecule is CC1=C/C(=N/NC(=O)c2cccc(S(=O)(=O)N3CCCCC3)c2)CC1. The first-order chi connectivity index (χ1) is 12.0. The summed E-state index contributed by atoms with van der Waals surface area (Å²) in [6, 6.07) is 6.16. The van der Waals surface area contributed by atoms with Gasteiger partial charge in [-0.15, -0.1) is 0 Å². The summed E-state index contributed by atoms with van der Waals surface area (Å²) in [7, 11) is -3.55. The Labute approximate surface area is 148 Å². The molecule has 25 heavy (non-hydrogen) atoms. The summed E-state index contributed by atoms with van der Waals surface area (Å²) in [4.78, 5) is 12.4. The molecule has 0 unspecified atom stereocenters. The first-order valence-corrected chi connectivity index (χ1v) is 10.0. The van der Waals surface area contributed by atoms with Crippen LogP contribution in [0.3, 0.4) is 0 Å². The molecule has 0 atom stereocenters. The van der Waals surface area contributed by atoms with Crippen molar-refractivity contribution in [3.63, 3.8) is 0 Å². The van der Waals surface area contributed by atoms with Crippen LogP contribution in [0, 0.1) is 0 Å². The van der Waals surface area contributed by atoms with Crippen LogP contribution in [0.25, 0.3) is 0 Å². The minimum Gasteiger partial charge on any atom is -0.267 e. The maximum Gasteiger partial charge on any atom is 0.271 e. The molecule has 0 aromatic heterocycles. The maximum absolute atomic E-state index is 12.7. The van der Waals surface area contributed by atoms with Crippen molar-refractivity contribution in [2.45, 2.75) is 43.9 Å². The Morgan fingerprint density at radius 3 is 2.60 bits per heavy atom. The van der Waals surface area contributed by atoms with Gasteiger partial charge >= 0.3 is 0 Å². The third-order valence-electron chi connectivity index (χ3n) is 4.54. The number of amides is 1. The molecule has 3 rings (SSSR count). The van der Waals surface area contributed by atoms with Gasteiger partial charge in [0.1, 0.15) is 0 Å². The molecule has 0 radical (unpaired) electrons.